The quantitative estimate of drug-likeness (QED) is 0.803. The van der Waals surface area contributed by atoms with Gasteiger partial charge in [-0.2, -0.15) is 5.10 Å². The molecule has 24 heavy (non-hydrogen) atoms. The third-order valence-electron chi connectivity index (χ3n) is 3.85. The Morgan fingerprint density at radius 2 is 1.96 bits per heavy atom. The molecule has 2 aromatic heterocycles. The molecule has 0 saturated carbocycles. The van der Waals surface area contributed by atoms with Gasteiger partial charge in [-0.05, 0) is 44.5 Å². The average molecular weight is 322 g/mol. The van der Waals surface area contributed by atoms with Crippen molar-refractivity contribution in [1.29, 1.82) is 0 Å². The number of rotatable bonds is 3. The number of nitrogens with zero attached hydrogens (tertiary/aromatic N) is 3. The van der Waals surface area contributed by atoms with Crippen LogP contribution in [0.15, 0.2) is 41.3 Å². The van der Waals surface area contributed by atoms with Crippen LogP contribution in [0.3, 0.4) is 0 Å². The molecule has 6 heteroatoms. The van der Waals surface area contributed by atoms with E-state index in [0.29, 0.717) is 10.9 Å². The maximum Gasteiger partial charge on any atom is 0.246 e. The molecule has 0 radical (unpaired) electrons. The maximum atomic E-state index is 12.4. The van der Waals surface area contributed by atoms with Crippen molar-refractivity contribution < 1.29 is 4.79 Å². The van der Waals surface area contributed by atoms with Crippen LogP contribution >= 0.6 is 0 Å². The van der Waals surface area contributed by atoms with Gasteiger partial charge in [-0.25, -0.2) is 0 Å². The lowest BCUT2D eigenvalue weighted by Gasteiger charge is -2.13. The smallest absolute Gasteiger partial charge is 0.246 e. The van der Waals surface area contributed by atoms with Gasteiger partial charge >= 0.3 is 0 Å². The molecule has 0 atom stereocenters. The van der Waals surface area contributed by atoms with Crippen LogP contribution in [0.4, 0.5) is 5.69 Å². The molecule has 0 saturated heterocycles. The highest BCUT2D eigenvalue weighted by Crippen LogP contribution is 2.19. The van der Waals surface area contributed by atoms with E-state index in [1.165, 1.54) is 10.9 Å². The first kappa shape index (κ1) is 15.9. The van der Waals surface area contributed by atoms with E-state index in [-0.39, 0.29) is 17.9 Å². The number of fused-ring (bicyclic) bond motifs is 1. The minimum absolute atomic E-state index is 0.0214. The molecule has 6 nitrogen and oxygen atoms in total. The van der Waals surface area contributed by atoms with Gasteiger partial charge in [0.2, 0.25) is 11.3 Å². The molecule has 0 aliphatic carbocycles. The van der Waals surface area contributed by atoms with Crippen molar-refractivity contribution in [3.05, 3.63) is 63.7 Å². The fourth-order valence-corrected chi connectivity index (χ4v) is 2.81. The van der Waals surface area contributed by atoms with E-state index >= 15 is 0 Å². The summed E-state index contributed by atoms with van der Waals surface area (Å²) in [5.41, 5.74) is 3.85. The standard InChI is InChI=1S/C18H18N4O2/c1-11-8-12(2)20-13(3)18(11)21-17(24)10-22-15-7-5-4-6-14(15)16(23)9-19-22/h4-9H,10H2,1-3H3,(H,21,24). The Bertz CT molecular complexity index is 969. The molecule has 0 bridgehead atoms. The van der Waals surface area contributed by atoms with Gasteiger partial charge in [0.25, 0.3) is 0 Å². The highest BCUT2D eigenvalue weighted by atomic mass is 16.2. The van der Waals surface area contributed by atoms with Crippen molar-refractivity contribution in [1.82, 2.24) is 14.8 Å². The van der Waals surface area contributed by atoms with Gasteiger partial charge in [-0.1, -0.05) is 12.1 Å². The normalized spacial score (nSPS) is 10.8. The van der Waals surface area contributed by atoms with E-state index < -0.39 is 0 Å². The zero-order valence-electron chi connectivity index (χ0n) is 13.8. The van der Waals surface area contributed by atoms with E-state index in [2.05, 4.69) is 15.4 Å². The summed E-state index contributed by atoms with van der Waals surface area (Å²) < 4.78 is 1.53. The van der Waals surface area contributed by atoms with Crippen LogP contribution in [0.1, 0.15) is 17.0 Å². The highest BCUT2D eigenvalue weighted by Gasteiger charge is 2.12. The second-order valence-electron chi connectivity index (χ2n) is 5.77. The van der Waals surface area contributed by atoms with Crippen LogP contribution in [0, 0.1) is 20.8 Å². The third kappa shape index (κ3) is 3.03. The first-order valence-corrected chi connectivity index (χ1v) is 7.65. The summed E-state index contributed by atoms with van der Waals surface area (Å²) in [5.74, 6) is -0.215. The van der Waals surface area contributed by atoms with Crippen molar-refractivity contribution in [3.63, 3.8) is 0 Å². The van der Waals surface area contributed by atoms with Crippen LogP contribution in [-0.4, -0.2) is 20.7 Å². The largest absolute Gasteiger partial charge is 0.323 e. The molecule has 0 aliphatic heterocycles. The van der Waals surface area contributed by atoms with Gasteiger partial charge in [0.1, 0.15) is 6.54 Å². The monoisotopic (exact) mass is 322 g/mol. The van der Waals surface area contributed by atoms with Gasteiger partial charge in [0.05, 0.1) is 23.1 Å². The van der Waals surface area contributed by atoms with Crippen molar-refractivity contribution in [2.75, 3.05) is 5.32 Å². The third-order valence-corrected chi connectivity index (χ3v) is 3.85. The average Bonchev–Trinajstić information content (AvgIpc) is 2.54. The number of anilines is 1. The molecule has 0 aliphatic rings. The van der Waals surface area contributed by atoms with Gasteiger partial charge in [0.15, 0.2) is 0 Å². The van der Waals surface area contributed by atoms with Crippen LogP contribution in [-0.2, 0) is 11.3 Å². The number of amides is 1. The molecule has 0 spiro atoms. The molecule has 3 aromatic rings. The van der Waals surface area contributed by atoms with Gasteiger partial charge in [-0.3, -0.25) is 19.3 Å². The van der Waals surface area contributed by atoms with Crippen LogP contribution in [0.5, 0.6) is 0 Å². The van der Waals surface area contributed by atoms with E-state index in [1.54, 1.807) is 18.2 Å². The summed E-state index contributed by atoms with van der Waals surface area (Å²) in [6.07, 6.45) is 1.24. The molecular formula is C18H18N4O2. The lowest BCUT2D eigenvalue weighted by atomic mass is 10.1. The van der Waals surface area contributed by atoms with E-state index in [9.17, 15) is 9.59 Å². The zero-order valence-corrected chi connectivity index (χ0v) is 13.8. The van der Waals surface area contributed by atoms with Crippen LogP contribution < -0.4 is 10.7 Å². The number of aromatic nitrogens is 3. The molecule has 1 amide bonds. The van der Waals surface area contributed by atoms with Gasteiger partial charge in [0, 0.05) is 11.1 Å². The number of carbonyl (C=O) groups is 1. The number of nitrogens with one attached hydrogen (secondary N) is 1. The molecule has 1 aromatic carbocycles. The number of hydrogen-bond donors (Lipinski definition) is 1. The Morgan fingerprint density at radius 1 is 1.21 bits per heavy atom. The topological polar surface area (TPSA) is 76.9 Å². The Kier molecular flexibility index (Phi) is 4.12. The molecule has 3 rings (SSSR count). The highest BCUT2D eigenvalue weighted by molar-refractivity contribution is 5.92. The number of benzene rings is 1. The fourth-order valence-electron chi connectivity index (χ4n) is 2.81. The lowest BCUT2D eigenvalue weighted by molar-refractivity contribution is -0.116. The Labute approximate surface area is 139 Å². The van der Waals surface area contributed by atoms with Gasteiger partial charge < -0.3 is 5.32 Å². The predicted molar refractivity (Wildman–Crippen MR) is 93.1 cm³/mol. The minimum atomic E-state index is -0.215. The Hall–Kier alpha value is -3.02. The first-order chi connectivity index (χ1) is 11.5. The number of para-hydroxylation sites is 1. The summed E-state index contributed by atoms with van der Waals surface area (Å²) in [6.45, 7) is 5.74. The number of hydrogen-bond acceptors (Lipinski definition) is 4. The summed E-state index contributed by atoms with van der Waals surface area (Å²) in [7, 11) is 0. The number of aryl methyl sites for hydroxylation is 3. The molecule has 1 N–H and O–H groups in total. The number of carbonyl (C=O) groups excluding carboxylic acids is 1. The summed E-state index contributed by atoms with van der Waals surface area (Å²) in [6, 6.07) is 9.04. The van der Waals surface area contributed by atoms with Crippen molar-refractivity contribution in [2.24, 2.45) is 0 Å². The Morgan fingerprint density at radius 3 is 2.71 bits per heavy atom. The Balaban J connectivity index is 1.89. The van der Waals surface area contributed by atoms with Crippen LogP contribution in [0.2, 0.25) is 0 Å². The van der Waals surface area contributed by atoms with Crippen molar-refractivity contribution in [2.45, 2.75) is 27.3 Å². The maximum absolute atomic E-state index is 12.4. The predicted octanol–water partition coefficient (Wildman–Crippen LogP) is 2.36. The van der Waals surface area contributed by atoms with E-state index in [4.69, 9.17) is 0 Å². The van der Waals surface area contributed by atoms with Crippen molar-refractivity contribution >= 4 is 22.5 Å². The minimum Gasteiger partial charge on any atom is -0.323 e. The van der Waals surface area contributed by atoms with E-state index in [1.807, 2.05) is 32.9 Å². The van der Waals surface area contributed by atoms with Gasteiger partial charge in [-0.15, -0.1) is 0 Å². The SMILES string of the molecule is Cc1cc(C)c(NC(=O)Cn2ncc(=O)c3ccccc32)c(C)n1. The molecule has 0 unspecified atom stereocenters. The molecular weight excluding hydrogens is 304 g/mol. The van der Waals surface area contributed by atoms with E-state index in [0.717, 1.165) is 22.6 Å². The zero-order chi connectivity index (χ0) is 17.3. The van der Waals surface area contributed by atoms with Crippen molar-refractivity contribution in [3.8, 4) is 0 Å². The summed E-state index contributed by atoms with van der Waals surface area (Å²) >= 11 is 0. The summed E-state index contributed by atoms with van der Waals surface area (Å²) in [4.78, 5) is 28.6. The second kappa shape index (κ2) is 6.23. The molecule has 2 heterocycles. The first-order valence-electron chi connectivity index (χ1n) is 7.65. The number of pyridine rings is 1. The second-order valence-corrected chi connectivity index (χ2v) is 5.77. The summed E-state index contributed by atoms with van der Waals surface area (Å²) in [5, 5.41) is 7.51. The molecule has 122 valence electrons. The fraction of sp³-hybridized carbons (Fsp3) is 0.222. The lowest BCUT2D eigenvalue weighted by Crippen LogP contribution is -2.23. The van der Waals surface area contributed by atoms with Crippen LogP contribution in [0.25, 0.3) is 10.9 Å². The molecule has 0 fully saturated rings.